The van der Waals surface area contributed by atoms with Crippen LogP contribution in [0.4, 0.5) is 5.13 Å². The van der Waals surface area contributed by atoms with Gasteiger partial charge >= 0.3 is 0 Å². The average molecular weight is 441 g/mol. The lowest BCUT2D eigenvalue weighted by Gasteiger charge is -2.14. The van der Waals surface area contributed by atoms with Crippen molar-refractivity contribution in [3.8, 4) is 11.1 Å². The average Bonchev–Trinajstić information content (AvgIpc) is 3.38. The van der Waals surface area contributed by atoms with Crippen molar-refractivity contribution in [2.75, 3.05) is 5.32 Å². The number of rotatable bonds is 6. The van der Waals surface area contributed by atoms with Crippen LogP contribution < -0.4 is 5.32 Å². The van der Waals surface area contributed by atoms with Gasteiger partial charge in [0.1, 0.15) is 16.2 Å². The highest BCUT2D eigenvalue weighted by Gasteiger charge is 2.22. The van der Waals surface area contributed by atoms with Crippen LogP contribution in [0.3, 0.4) is 0 Å². The van der Waals surface area contributed by atoms with E-state index in [0.717, 1.165) is 26.4 Å². The third-order valence-electron chi connectivity index (χ3n) is 4.73. The number of thiophene rings is 1. The Morgan fingerprint density at radius 3 is 2.76 bits per heavy atom. The van der Waals surface area contributed by atoms with E-state index in [0.29, 0.717) is 11.6 Å². The molecular weight excluding hydrogens is 420 g/mol. The van der Waals surface area contributed by atoms with E-state index in [9.17, 15) is 4.79 Å². The van der Waals surface area contributed by atoms with Crippen molar-refractivity contribution in [3.63, 3.8) is 0 Å². The maximum atomic E-state index is 12.8. The predicted octanol–water partition coefficient (Wildman–Crippen LogP) is 5.94. The number of aromatic nitrogens is 3. The van der Waals surface area contributed by atoms with Crippen LogP contribution in [0.1, 0.15) is 24.5 Å². The molecule has 1 N–H and O–H groups in total. The molecule has 4 aromatic rings. The summed E-state index contributed by atoms with van der Waals surface area (Å²) in [6.45, 7) is 6.24. The van der Waals surface area contributed by atoms with Gasteiger partial charge in [-0.25, -0.2) is 15.0 Å². The molecular formula is C21H20N4OS3. The van der Waals surface area contributed by atoms with Crippen molar-refractivity contribution >= 4 is 55.7 Å². The van der Waals surface area contributed by atoms with Gasteiger partial charge < -0.3 is 5.32 Å². The minimum absolute atomic E-state index is 0.0535. The van der Waals surface area contributed by atoms with Crippen LogP contribution in [0.5, 0.6) is 0 Å². The van der Waals surface area contributed by atoms with Gasteiger partial charge in [0.05, 0.1) is 10.6 Å². The maximum Gasteiger partial charge on any atom is 0.239 e. The van der Waals surface area contributed by atoms with Crippen LogP contribution in [0, 0.1) is 13.8 Å². The number of carbonyl (C=O) groups excluding carboxylic acids is 1. The molecule has 0 aliphatic carbocycles. The molecule has 1 unspecified atom stereocenters. The Balaban J connectivity index is 1.69. The van der Waals surface area contributed by atoms with E-state index in [4.69, 9.17) is 0 Å². The monoisotopic (exact) mass is 440 g/mol. The van der Waals surface area contributed by atoms with E-state index in [-0.39, 0.29) is 11.2 Å². The largest absolute Gasteiger partial charge is 0.301 e. The molecule has 1 atom stereocenters. The molecule has 5 nitrogen and oxygen atoms in total. The minimum Gasteiger partial charge on any atom is -0.301 e. The fourth-order valence-corrected chi connectivity index (χ4v) is 5.53. The van der Waals surface area contributed by atoms with Gasteiger partial charge in [0.25, 0.3) is 0 Å². The van der Waals surface area contributed by atoms with Crippen molar-refractivity contribution in [2.45, 2.75) is 37.5 Å². The summed E-state index contributed by atoms with van der Waals surface area (Å²) in [5.74, 6) is -0.0535. The molecule has 0 aliphatic rings. The van der Waals surface area contributed by atoms with Crippen molar-refractivity contribution in [2.24, 2.45) is 0 Å². The Labute approximate surface area is 181 Å². The van der Waals surface area contributed by atoms with Crippen LogP contribution >= 0.6 is 34.4 Å². The first-order valence-corrected chi connectivity index (χ1v) is 11.9. The summed E-state index contributed by atoms with van der Waals surface area (Å²) in [7, 11) is 0. The molecule has 3 aromatic heterocycles. The number of benzene rings is 1. The third-order valence-corrected chi connectivity index (χ3v) is 7.67. The number of thioether (sulfide) groups is 1. The highest BCUT2D eigenvalue weighted by molar-refractivity contribution is 8.00. The van der Waals surface area contributed by atoms with Crippen LogP contribution in [0.2, 0.25) is 0 Å². The van der Waals surface area contributed by atoms with Crippen molar-refractivity contribution in [3.05, 3.63) is 52.6 Å². The van der Waals surface area contributed by atoms with Gasteiger partial charge in [0, 0.05) is 22.5 Å². The van der Waals surface area contributed by atoms with E-state index < -0.39 is 0 Å². The SMILES string of the molecule is CCC(Sc1ncnc2scc(-c3ccc(C)c(C)c3)c12)C(=O)Nc1nccs1. The van der Waals surface area contributed by atoms with Gasteiger partial charge in [-0.15, -0.1) is 22.7 Å². The summed E-state index contributed by atoms with van der Waals surface area (Å²) in [5.41, 5.74) is 4.79. The molecule has 29 heavy (non-hydrogen) atoms. The number of nitrogens with one attached hydrogen (secondary N) is 1. The van der Waals surface area contributed by atoms with Gasteiger partial charge in [-0.1, -0.05) is 36.9 Å². The standard InChI is InChI=1S/C21H20N4OS3/c1-4-16(18(26)25-21-22-7-8-27-21)29-20-17-15(10-28-19(17)23-11-24-20)14-6-5-12(2)13(3)9-14/h5-11,16H,4H2,1-3H3,(H,22,25,26). The first kappa shape index (κ1) is 20.0. The molecule has 0 spiro atoms. The van der Waals surface area contributed by atoms with Gasteiger partial charge in [0.2, 0.25) is 5.91 Å². The second-order valence-corrected chi connectivity index (χ2v) is 9.59. The topological polar surface area (TPSA) is 67.8 Å². The van der Waals surface area contributed by atoms with Gasteiger partial charge in [-0.3, -0.25) is 4.79 Å². The zero-order valence-electron chi connectivity index (χ0n) is 16.3. The molecule has 0 saturated carbocycles. The first-order valence-electron chi connectivity index (χ1n) is 9.23. The smallest absolute Gasteiger partial charge is 0.239 e. The normalized spacial score (nSPS) is 12.2. The number of nitrogens with zero attached hydrogens (tertiary/aromatic N) is 3. The molecule has 3 heterocycles. The summed E-state index contributed by atoms with van der Waals surface area (Å²) < 4.78 is 0. The molecule has 0 radical (unpaired) electrons. The van der Waals surface area contributed by atoms with E-state index in [1.54, 1.807) is 23.9 Å². The summed E-state index contributed by atoms with van der Waals surface area (Å²) in [6, 6.07) is 6.48. The number of anilines is 1. The number of amides is 1. The fraction of sp³-hybridized carbons (Fsp3) is 0.238. The molecule has 0 saturated heterocycles. The molecule has 148 valence electrons. The lowest BCUT2D eigenvalue weighted by atomic mass is 10.0. The lowest BCUT2D eigenvalue weighted by molar-refractivity contribution is -0.115. The molecule has 1 aromatic carbocycles. The Morgan fingerprint density at radius 1 is 1.17 bits per heavy atom. The highest BCUT2D eigenvalue weighted by Crippen LogP contribution is 2.40. The minimum atomic E-state index is -0.260. The van der Waals surface area contributed by atoms with Crippen molar-refractivity contribution in [1.29, 1.82) is 0 Å². The number of fused-ring (bicyclic) bond motifs is 1. The Morgan fingerprint density at radius 2 is 2.03 bits per heavy atom. The quantitative estimate of drug-likeness (QED) is 0.297. The maximum absolute atomic E-state index is 12.8. The molecule has 8 heteroatoms. The van der Waals surface area contributed by atoms with E-state index in [1.165, 1.54) is 34.2 Å². The van der Waals surface area contributed by atoms with Crippen molar-refractivity contribution in [1.82, 2.24) is 15.0 Å². The second kappa shape index (κ2) is 8.61. The summed E-state index contributed by atoms with van der Waals surface area (Å²) >= 11 is 4.51. The second-order valence-electron chi connectivity index (χ2n) is 6.65. The zero-order chi connectivity index (χ0) is 20.4. The summed E-state index contributed by atoms with van der Waals surface area (Å²) in [6.07, 6.45) is 3.96. The number of hydrogen-bond donors (Lipinski definition) is 1. The van der Waals surface area contributed by atoms with Gasteiger partial charge in [0.15, 0.2) is 5.13 Å². The lowest BCUT2D eigenvalue weighted by Crippen LogP contribution is -2.24. The van der Waals surface area contributed by atoms with Crippen LogP contribution in [-0.2, 0) is 4.79 Å². The number of carbonyl (C=O) groups is 1. The molecule has 0 fully saturated rings. The van der Waals surface area contributed by atoms with Gasteiger partial charge in [-0.2, -0.15) is 0 Å². The summed E-state index contributed by atoms with van der Waals surface area (Å²) in [4.78, 5) is 26.8. The van der Waals surface area contributed by atoms with Crippen LogP contribution in [0.15, 0.2) is 46.5 Å². The van der Waals surface area contributed by atoms with E-state index in [2.05, 4.69) is 57.7 Å². The molecule has 4 rings (SSSR count). The highest BCUT2D eigenvalue weighted by atomic mass is 32.2. The third kappa shape index (κ3) is 4.19. The van der Waals surface area contributed by atoms with E-state index >= 15 is 0 Å². The molecule has 0 bridgehead atoms. The zero-order valence-corrected chi connectivity index (χ0v) is 18.8. The number of hydrogen-bond acceptors (Lipinski definition) is 7. The van der Waals surface area contributed by atoms with Crippen molar-refractivity contribution < 1.29 is 4.79 Å². The number of aryl methyl sites for hydroxylation is 2. The molecule has 0 aliphatic heterocycles. The van der Waals surface area contributed by atoms with E-state index in [1.807, 2.05) is 12.3 Å². The fourth-order valence-electron chi connectivity index (χ4n) is 2.99. The molecule has 1 amide bonds. The predicted molar refractivity (Wildman–Crippen MR) is 123 cm³/mol. The number of thiazole rings is 1. The first-order chi connectivity index (χ1) is 14.1. The van der Waals surface area contributed by atoms with Crippen LogP contribution in [0.25, 0.3) is 21.3 Å². The van der Waals surface area contributed by atoms with Crippen LogP contribution in [-0.4, -0.2) is 26.1 Å². The Bertz CT molecular complexity index is 1150. The Hall–Kier alpha value is -2.29. The Kier molecular flexibility index (Phi) is 5.94. The van der Waals surface area contributed by atoms with Gasteiger partial charge in [-0.05, 0) is 37.0 Å². The summed E-state index contributed by atoms with van der Waals surface area (Å²) in [5, 5.41) is 9.09.